The van der Waals surface area contributed by atoms with Gasteiger partial charge in [0.05, 0.1) is 16.5 Å². The maximum Gasteiger partial charge on any atom is 0.269 e. The molecule has 0 radical (unpaired) electrons. The molecule has 1 aliphatic rings. The molecule has 0 saturated carbocycles. The molecule has 10 heteroatoms. The van der Waals surface area contributed by atoms with Crippen LogP contribution < -0.4 is 15.0 Å². The highest BCUT2D eigenvalue weighted by Gasteiger charge is 2.21. The van der Waals surface area contributed by atoms with Gasteiger partial charge in [0.2, 0.25) is 0 Å². The van der Waals surface area contributed by atoms with Gasteiger partial charge >= 0.3 is 0 Å². The molecule has 1 heterocycles. The van der Waals surface area contributed by atoms with E-state index in [9.17, 15) is 14.9 Å². The first-order valence-corrected chi connectivity index (χ1v) is 10.0. The Balaban J connectivity index is 1.55. The lowest BCUT2D eigenvalue weighted by molar-refractivity contribution is -0.384. The largest absolute Gasteiger partial charge is 0.496 e. The Kier molecular flexibility index (Phi) is 6.65. The quantitative estimate of drug-likeness (QED) is 0.410. The molecule has 0 aromatic heterocycles. The third-order valence-corrected chi connectivity index (χ3v) is 5.61. The van der Waals surface area contributed by atoms with Crippen LogP contribution in [0.1, 0.15) is 10.4 Å². The maximum absolute atomic E-state index is 12.5. The van der Waals surface area contributed by atoms with Crippen molar-refractivity contribution in [3.8, 4) is 5.75 Å². The van der Waals surface area contributed by atoms with Crippen LogP contribution in [0, 0.1) is 10.1 Å². The molecule has 0 bridgehead atoms. The van der Waals surface area contributed by atoms with Gasteiger partial charge < -0.3 is 14.5 Å². The van der Waals surface area contributed by atoms with E-state index in [1.54, 1.807) is 37.4 Å². The third kappa shape index (κ3) is 5.01. The minimum absolute atomic E-state index is 0.0708. The standard InChI is InChI=1S/C19H19BrN4O4S/c1-28-17-7-2-13(12-16(17)20)18(25)21-19(29)23-10-8-22(9-11-23)14-3-5-15(6-4-14)24(26)27/h2-7,12H,8-11H2,1H3,(H,21,25,29). The molecule has 1 amide bonds. The molecule has 1 fully saturated rings. The number of nitrogens with one attached hydrogen (secondary N) is 1. The van der Waals surface area contributed by atoms with Crippen molar-refractivity contribution >= 4 is 50.5 Å². The minimum atomic E-state index is -0.413. The van der Waals surface area contributed by atoms with Crippen molar-refractivity contribution in [3.05, 3.63) is 62.6 Å². The fraction of sp³-hybridized carbons (Fsp3) is 0.263. The molecule has 3 rings (SSSR count). The number of nitro benzene ring substituents is 1. The lowest BCUT2D eigenvalue weighted by atomic mass is 10.2. The molecule has 1 N–H and O–H groups in total. The van der Waals surface area contributed by atoms with Crippen LogP contribution in [0.3, 0.4) is 0 Å². The zero-order chi connectivity index (χ0) is 21.0. The normalized spacial score (nSPS) is 13.7. The molecule has 0 spiro atoms. The second-order valence-electron chi connectivity index (χ2n) is 6.36. The van der Waals surface area contributed by atoms with Crippen molar-refractivity contribution in [1.29, 1.82) is 0 Å². The number of carbonyl (C=O) groups is 1. The average molecular weight is 479 g/mol. The Morgan fingerprint density at radius 3 is 2.38 bits per heavy atom. The van der Waals surface area contributed by atoms with Gasteiger partial charge in [-0.05, 0) is 58.5 Å². The van der Waals surface area contributed by atoms with E-state index in [2.05, 4.69) is 26.1 Å². The van der Waals surface area contributed by atoms with Gasteiger partial charge in [-0.15, -0.1) is 0 Å². The van der Waals surface area contributed by atoms with E-state index in [1.165, 1.54) is 12.1 Å². The Labute approximate surface area is 181 Å². The average Bonchev–Trinajstić information content (AvgIpc) is 2.73. The number of benzene rings is 2. The first-order chi connectivity index (χ1) is 13.9. The molecule has 0 atom stereocenters. The number of halogens is 1. The van der Waals surface area contributed by atoms with Crippen molar-refractivity contribution in [2.24, 2.45) is 0 Å². The second kappa shape index (κ2) is 9.19. The van der Waals surface area contributed by atoms with E-state index in [0.717, 1.165) is 5.69 Å². The van der Waals surface area contributed by atoms with E-state index in [0.29, 0.717) is 47.1 Å². The summed E-state index contributed by atoms with van der Waals surface area (Å²) in [7, 11) is 1.56. The number of hydrogen-bond acceptors (Lipinski definition) is 6. The topological polar surface area (TPSA) is 88.0 Å². The number of methoxy groups -OCH3 is 1. The van der Waals surface area contributed by atoms with Crippen LogP contribution in [0.25, 0.3) is 0 Å². The SMILES string of the molecule is COc1ccc(C(=O)NC(=S)N2CCN(c3ccc([N+](=O)[O-])cc3)CC2)cc1Br. The van der Waals surface area contributed by atoms with Gasteiger partial charge in [-0.3, -0.25) is 20.2 Å². The Hall–Kier alpha value is -2.72. The van der Waals surface area contributed by atoms with E-state index in [1.807, 2.05) is 4.90 Å². The number of nitrogens with zero attached hydrogens (tertiary/aromatic N) is 3. The summed E-state index contributed by atoms with van der Waals surface area (Å²) < 4.78 is 5.86. The summed E-state index contributed by atoms with van der Waals surface area (Å²) in [6, 6.07) is 11.6. The van der Waals surface area contributed by atoms with Crippen molar-refractivity contribution in [2.75, 3.05) is 38.2 Å². The number of rotatable bonds is 4. The molecule has 1 saturated heterocycles. The number of ether oxygens (including phenoxy) is 1. The monoisotopic (exact) mass is 478 g/mol. The van der Waals surface area contributed by atoms with Gasteiger partial charge in [-0.25, -0.2) is 0 Å². The zero-order valence-corrected chi connectivity index (χ0v) is 18.0. The Morgan fingerprint density at radius 1 is 1.17 bits per heavy atom. The number of hydrogen-bond donors (Lipinski definition) is 1. The smallest absolute Gasteiger partial charge is 0.269 e. The highest BCUT2D eigenvalue weighted by molar-refractivity contribution is 9.10. The molecule has 0 unspecified atom stereocenters. The van der Waals surface area contributed by atoms with Crippen LogP contribution in [0.5, 0.6) is 5.75 Å². The number of piperazine rings is 1. The molecule has 2 aromatic carbocycles. The predicted octanol–water partition coefficient (Wildman–Crippen LogP) is 3.20. The molecule has 29 heavy (non-hydrogen) atoms. The number of thiocarbonyl (C=S) groups is 1. The van der Waals surface area contributed by atoms with E-state index in [4.69, 9.17) is 17.0 Å². The van der Waals surface area contributed by atoms with Gasteiger partial charge in [0.1, 0.15) is 5.75 Å². The first kappa shape index (κ1) is 21.0. The molecule has 152 valence electrons. The third-order valence-electron chi connectivity index (χ3n) is 4.63. The van der Waals surface area contributed by atoms with Gasteiger partial charge in [-0.1, -0.05) is 0 Å². The highest BCUT2D eigenvalue weighted by Crippen LogP contribution is 2.25. The summed E-state index contributed by atoms with van der Waals surface area (Å²) in [6.45, 7) is 2.68. The fourth-order valence-electron chi connectivity index (χ4n) is 3.01. The van der Waals surface area contributed by atoms with Gasteiger partial charge in [0.15, 0.2) is 5.11 Å². The van der Waals surface area contributed by atoms with Crippen molar-refractivity contribution in [2.45, 2.75) is 0 Å². The van der Waals surface area contributed by atoms with E-state index in [-0.39, 0.29) is 11.6 Å². The molecule has 0 aliphatic carbocycles. The lowest BCUT2D eigenvalue weighted by Crippen LogP contribution is -2.52. The maximum atomic E-state index is 12.5. The number of nitro groups is 1. The summed E-state index contributed by atoms with van der Waals surface area (Å²) in [6.07, 6.45) is 0. The van der Waals surface area contributed by atoms with Gasteiger partial charge in [0, 0.05) is 49.6 Å². The molecule has 1 aliphatic heterocycles. The van der Waals surface area contributed by atoms with Gasteiger partial charge in [0.25, 0.3) is 11.6 Å². The van der Waals surface area contributed by atoms with E-state index >= 15 is 0 Å². The minimum Gasteiger partial charge on any atom is -0.496 e. The highest BCUT2D eigenvalue weighted by atomic mass is 79.9. The van der Waals surface area contributed by atoms with Crippen molar-refractivity contribution in [1.82, 2.24) is 10.2 Å². The summed E-state index contributed by atoms with van der Waals surface area (Å²) in [4.78, 5) is 26.9. The Morgan fingerprint density at radius 2 is 1.83 bits per heavy atom. The van der Waals surface area contributed by atoms with Crippen LogP contribution in [0.15, 0.2) is 46.9 Å². The van der Waals surface area contributed by atoms with Gasteiger partial charge in [-0.2, -0.15) is 0 Å². The summed E-state index contributed by atoms with van der Waals surface area (Å²) in [5.41, 5.74) is 1.47. The van der Waals surface area contributed by atoms with Crippen LogP contribution in [-0.2, 0) is 0 Å². The number of anilines is 1. The van der Waals surface area contributed by atoms with Crippen molar-refractivity contribution in [3.63, 3.8) is 0 Å². The molecular formula is C19H19BrN4O4S. The number of carbonyl (C=O) groups excluding carboxylic acids is 1. The van der Waals surface area contributed by atoms with Crippen LogP contribution in [-0.4, -0.2) is 54.1 Å². The van der Waals surface area contributed by atoms with Crippen LogP contribution in [0.2, 0.25) is 0 Å². The molecule has 8 nitrogen and oxygen atoms in total. The van der Waals surface area contributed by atoms with Crippen LogP contribution in [0.4, 0.5) is 11.4 Å². The number of non-ortho nitro benzene ring substituents is 1. The second-order valence-corrected chi connectivity index (χ2v) is 7.60. The predicted molar refractivity (Wildman–Crippen MR) is 118 cm³/mol. The summed E-state index contributed by atoms with van der Waals surface area (Å²) in [5, 5.41) is 13.9. The van der Waals surface area contributed by atoms with E-state index < -0.39 is 4.92 Å². The summed E-state index contributed by atoms with van der Waals surface area (Å²) >= 11 is 8.77. The van der Waals surface area contributed by atoms with Crippen molar-refractivity contribution < 1.29 is 14.5 Å². The van der Waals surface area contributed by atoms with Crippen LogP contribution >= 0.6 is 28.1 Å². The zero-order valence-electron chi connectivity index (χ0n) is 15.6. The molecule has 2 aromatic rings. The Bertz CT molecular complexity index is 930. The lowest BCUT2D eigenvalue weighted by Gasteiger charge is -2.37. The molecular weight excluding hydrogens is 460 g/mol. The fourth-order valence-corrected chi connectivity index (χ4v) is 3.82. The summed E-state index contributed by atoms with van der Waals surface area (Å²) in [5.74, 6) is 0.364. The number of amides is 1. The first-order valence-electron chi connectivity index (χ1n) is 8.82.